The summed E-state index contributed by atoms with van der Waals surface area (Å²) in [5, 5.41) is 37.3. The van der Waals surface area contributed by atoms with E-state index in [9.17, 15) is 44.1 Å². The van der Waals surface area contributed by atoms with Crippen LogP contribution in [0.25, 0.3) is 0 Å². The number of ether oxygens (including phenoxy) is 2. The van der Waals surface area contributed by atoms with Gasteiger partial charge in [0.2, 0.25) is 11.5 Å². The van der Waals surface area contributed by atoms with Gasteiger partial charge in [-0.15, -0.1) is 46.4 Å². The van der Waals surface area contributed by atoms with Crippen LogP contribution in [0.5, 0.6) is 5.75 Å². The first kappa shape index (κ1) is 66.6. The van der Waals surface area contributed by atoms with Crippen molar-refractivity contribution in [2.24, 2.45) is 62.2 Å². The zero-order chi connectivity index (χ0) is 65.0. The maximum atomic E-state index is 13.6. The standard InChI is InChI=1S/2C27H30Cl2O6.C16H24N2O/c2*1-15-11-19-18-7-6-16-12-17(30)8-9-24(16,2)26(18,29)21(31)13-25(19,3)27(15,22(32)14-28)35-23(33)20-5-4-10-34-20;1-10-8-13(16(3,4)5)15(19)11(2)12(10)9-14-17-6-7-18-14/h2*4-5,8-10,12,15,18-19,21,31H,6-7,11,13-14H2,1-3H3;8,19H,6-7,9H2,1-5H3,(H,17,18)/t2*15-,18+,19+,21+,24+,25+,26+,27+;/m11./s1. The van der Waals surface area contributed by atoms with Gasteiger partial charge in [0.1, 0.15) is 11.6 Å². The Morgan fingerprint density at radius 3 is 1.53 bits per heavy atom. The number of aryl methyl sites for hydroxylation is 1. The number of amidine groups is 1. The van der Waals surface area contributed by atoms with E-state index in [1.165, 1.54) is 47.9 Å². The molecule has 0 bridgehead atoms. The van der Waals surface area contributed by atoms with E-state index >= 15 is 0 Å². The van der Waals surface area contributed by atoms with Crippen LogP contribution in [-0.2, 0) is 40.5 Å². The molecule has 0 spiro atoms. The number of alkyl halides is 4. The third kappa shape index (κ3) is 10.0. The van der Waals surface area contributed by atoms with Crippen LogP contribution in [0.1, 0.15) is 157 Å². The maximum absolute atomic E-state index is 13.6. The Morgan fingerprint density at radius 1 is 0.719 bits per heavy atom. The fourth-order valence-electron chi connectivity index (χ4n) is 18.8. The molecule has 16 atom stereocenters. The van der Waals surface area contributed by atoms with E-state index in [2.05, 4.69) is 44.1 Å². The van der Waals surface area contributed by atoms with Gasteiger partial charge in [0.25, 0.3) is 0 Å². The lowest BCUT2D eigenvalue weighted by atomic mass is 9.45. The molecule has 19 heteroatoms. The third-order valence-electron chi connectivity index (χ3n) is 23.2. The van der Waals surface area contributed by atoms with Crippen molar-refractivity contribution in [2.45, 2.75) is 173 Å². The number of furan rings is 2. The molecule has 12 rings (SSSR count). The molecule has 1 aromatic carbocycles. The molecule has 9 aliphatic rings. The number of phenols is 1. The summed E-state index contributed by atoms with van der Waals surface area (Å²) in [4.78, 5) is 79.9. The minimum absolute atomic E-state index is 0.00557. The molecule has 15 nitrogen and oxygen atoms in total. The number of phenolic OH excluding ortho intramolecular Hbond substituents is 1. The van der Waals surface area contributed by atoms with Crippen LogP contribution in [0.4, 0.5) is 0 Å². The molecule has 3 aromatic rings. The number of allylic oxidation sites excluding steroid dienone is 8. The number of nitrogens with one attached hydrogen (secondary N) is 1. The van der Waals surface area contributed by atoms with Crippen molar-refractivity contribution in [1.29, 1.82) is 0 Å². The number of ketones is 4. The molecule has 0 amide bonds. The van der Waals surface area contributed by atoms with Crippen LogP contribution >= 0.6 is 46.4 Å². The number of Topliss-reactive ketones (excluding diaryl/α,β-unsaturated/α-hetero) is 2. The Kier molecular flexibility index (Phi) is 17.7. The average Bonchev–Trinajstić information content (AvgIpc) is 1.64. The van der Waals surface area contributed by atoms with Crippen LogP contribution in [0.3, 0.4) is 0 Å². The van der Waals surface area contributed by atoms with Crippen molar-refractivity contribution in [3.63, 3.8) is 0 Å². The van der Waals surface area contributed by atoms with E-state index in [1.807, 2.05) is 60.6 Å². The molecule has 4 N–H and O–H groups in total. The number of aromatic hydroxyl groups is 1. The number of esters is 2. The van der Waals surface area contributed by atoms with E-state index in [-0.39, 0.29) is 100 Å². The fourth-order valence-corrected chi connectivity index (χ4v) is 20.2. The minimum Gasteiger partial charge on any atom is -0.507 e. The number of nitrogens with zero attached hydrogens (tertiary/aromatic N) is 1. The fraction of sp³-hybridized carbons (Fsp3) is 0.586. The monoisotopic (exact) mass is 1300 g/mol. The van der Waals surface area contributed by atoms with Crippen LogP contribution in [0.2, 0.25) is 0 Å². The number of halogens is 4. The highest BCUT2D eigenvalue weighted by Crippen LogP contribution is 2.74. The van der Waals surface area contributed by atoms with E-state index < -0.39 is 66.8 Å². The van der Waals surface area contributed by atoms with Gasteiger partial charge in [0.05, 0.1) is 52.8 Å². The molecule has 0 unspecified atom stereocenters. The second-order valence-electron chi connectivity index (χ2n) is 28.5. The number of aliphatic imine (C=N–C) groups is 1. The average molecular weight is 1300 g/mol. The summed E-state index contributed by atoms with van der Waals surface area (Å²) >= 11 is 27.2. The topological polar surface area (TPSA) is 232 Å². The van der Waals surface area contributed by atoms with Gasteiger partial charge in [-0.05, 0) is 165 Å². The van der Waals surface area contributed by atoms with Crippen molar-refractivity contribution in [3.8, 4) is 5.75 Å². The molecule has 8 aliphatic carbocycles. The first-order valence-electron chi connectivity index (χ1n) is 31.2. The molecule has 2 aromatic heterocycles. The summed E-state index contributed by atoms with van der Waals surface area (Å²) < 4.78 is 22.7. The summed E-state index contributed by atoms with van der Waals surface area (Å²) in [5.74, 6) is -2.77. The summed E-state index contributed by atoms with van der Waals surface area (Å²) in [6.07, 6.45) is 15.7. The number of fused-ring (bicyclic) bond motifs is 10. The summed E-state index contributed by atoms with van der Waals surface area (Å²) in [6, 6.07) is 8.27. The number of hydrogen-bond acceptors (Lipinski definition) is 15. The lowest BCUT2D eigenvalue weighted by Gasteiger charge is -2.64. The van der Waals surface area contributed by atoms with Gasteiger partial charge in [-0.25, -0.2) is 9.59 Å². The van der Waals surface area contributed by atoms with Gasteiger partial charge in [0.15, 0.2) is 34.3 Å². The predicted octanol–water partition coefficient (Wildman–Crippen LogP) is 12.6. The second kappa shape index (κ2) is 23.7. The number of aliphatic hydroxyl groups excluding tert-OH is 2. The zero-order valence-corrected chi connectivity index (χ0v) is 55.7. The number of hydrogen-bond donors (Lipinski definition) is 4. The van der Waals surface area contributed by atoms with E-state index in [1.54, 1.807) is 24.3 Å². The largest absolute Gasteiger partial charge is 0.507 e. The van der Waals surface area contributed by atoms with E-state index in [0.29, 0.717) is 44.3 Å². The van der Waals surface area contributed by atoms with Crippen molar-refractivity contribution < 1.29 is 62.4 Å². The van der Waals surface area contributed by atoms with Gasteiger partial charge in [-0.2, -0.15) is 0 Å². The molecule has 1 aliphatic heterocycles. The molecule has 89 heavy (non-hydrogen) atoms. The summed E-state index contributed by atoms with van der Waals surface area (Å²) in [6.45, 7) is 23.9. The lowest BCUT2D eigenvalue weighted by Crippen LogP contribution is -2.69. The van der Waals surface area contributed by atoms with E-state index in [4.69, 9.17) is 64.7 Å². The van der Waals surface area contributed by atoms with Gasteiger partial charge in [-0.1, -0.05) is 91.7 Å². The predicted molar refractivity (Wildman–Crippen MR) is 341 cm³/mol. The highest BCUT2D eigenvalue weighted by Gasteiger charge is 2.78. The molecule has 480 valence electrons. The van der Waals surface area contributed by atoms with Crippen molar-refractivity contribution in [3.05, 3.63) is 124 Å². The van der Waals surface area contributed by atoms with Crippen molar-refractivity contribution in [2.75, 3.05) is 24.8 Å². The molecular formula is C70H84Cl4N2O13. The zero-order valence-electron chi connectivity index (χ0n) is 52.7. The normalized spacial score (nSPS) is 38.0. The third-order valence-corrected chi connectivity index (χ3v) is 25.5. The maximum Gasteiger partial charge on any atom is 0.375 e. The smallest absolute Gasteiger partial charge is 0.375 e. The van der Waals surface area contributed by atoms with Gasteiger partial charge in [-0.3, -0.25) is 24.2 Å². The Morgan fingerprint density at radius 2 is 1.16 bits per heavy atom. The first-order chi connectivity index (χ1) is 41.7. The highest BCUT2D eigenvalue weighted by atomic mass is 35.5. The lowest BCUT2D eigenvalue weighted by molar-refractivity contribution is -0.177. The number of rotatable bonds is 10. The molecule has 6 fully saturated rings. The quantitative estimate of drug-likeness (QED) is 0.109. The molecule has 0 radical (unpaired) electrons. The van der Waals surface area contributed by atoms with Crippen LogP contribution in [-0.4, -0.2) is 114 Å². The molecule has 3 heterocycles. The Hall–Kier alpha value is -5.29. The van der Waals surface area contributed by atoms with Gasteiger partial charge >= 0.3 is 11.9 Å². The minimum atomic E-state index is -1.53. The number of carbonyl (C=O) groups excluding carboxylic acids is 6. The van der Waals surface area contributed by atoms with Crippen LogP contribution in [0, 0.1) is 71.0 Å². The molecule has 6 saturated carbocycles. The first-order valence-corrected chi connectivity index (χ1v) is 33.0. The highest BCUT2D eigenvalue weighted by molar-refractivity contribution is 6.30. The van der Waals surface area contributed by atoms with Crippen LogP contribution in [0.15, 0.2) is 104 Å². The summed E-state index contributed by atoms with van der Waals surface area (Å²) in [7, 11) is 0. The second-order valence-corrected chi connectivity index (χ2v) is 30.3. The SMILES string of the molecule is C[C@@H]1C[C@H]2[C@@H]3CCC4=CC(=O)C=C[C@]4(C)[C@@]3(Cl)[C@@H](O)C[C@]2(C)[C@@]1(OC(=O)c1ccco1)C(=O)CCl.C[C@@H]1C[C@H]2[C@@H]3CCC4=CC(=O)C=C[C@]4(C)[C@@]3(Cl)[C@@H](O)C[C@]2(C)[C@@]1(OC(=O)c1ccco1)C(=O)CCl.Cc1cc(C(C)(C)C)c(O)c(C)c1CC1=NCCN1. The Balaban J connectivity index is 0.000000154. The Bertz CT molecular complexity index is 3330. The van der Waals surface area contributed by atoms with Crippen molar-refractivity contribution >= 4 is 87.3 Å². The van der Waals surface area contributed by atoms with Crippen LogP contribution < -0.4 is 5.32 Å². The number of benzene rings is 1. The van der Waals surface area contributed by atoms with Crippen molar-refractivity contribution in [1.82, 2.24) is 5.32 Å². The van der Waals surface area contributed by atoms with E-state index in [0.717, 1.165) is 47.6 Å². The Labute approximate surface area is 541 Å². The molecular weight excluding hydrogens is 1220 g/mol. The number of carbonyl (C=O) groups is 6. The molecule has 0 saturated heterocycles. The van der Waals surface area contributed by atoms with Gasteiger partial charge in [0, 0.05) is 46.5 Å². The number of aliphatic hydroxyl groups is 2. The summed E-state index contributed by atoms with van der Waals surface area (Å²) in [5.41, 5.74) is -0.0104. The van der Waals surface area contributed by atoms with Gasteiger partial charge < -0.3 is 38.9 Å².